The van der Waals surface area contributed by atoms with Gasteiger partial charge in [-0.25, -0.2) is 0 Å². The first-order valence-electron chi connectivity index (χ1n) is 6.13. The number of carbonyl (C=O) groups excluding carboxylic acids is 1. The van der Waals surface area contributed by atoms with E-state index in [1.54, 1.807) is 12.1 Å². The number of rotatable bonds is 5. The van der Waals surface area contributed by atoms with Gasteiger partial charge in [-0.3, -0.25) is 4.79 Å². The van der Waals surface area contributed by atoms with Gasteiger partial charge in [-0.1, -0.05) is 0 Å². The minimum Gasteiger partial charge on any atom is -0.385 e. The zero-order valence-electron chi connectivity index (χ0n) is 10.3. The van der Waals surface area contributed by atoms with E-state index in [1.165, 1.54) is 25.0 Å². The van der Waals surface area contributed by atoms with Crippen molar-refractivity contribution in [2.24, 2.45) is 5.92 Å². The Bertz CT molecular complexity index is 438. The molecular weight excluding hydrogens is 257 g/mol. The third kappa shape index (κ3) is 4.81. The van der Waals surface area contributed by atoms with Gasteiger partial charge in [0.25, 0.3) is 5.91 Å². The number of nitrogens with one attached hydrogen (secondary N) is 2. The Balaban J connectivity index is 1.84. The highest BCUT2D eigenvalue weighted by Gasteiger charge is 2.27. The Morgan fingerprint density at radius 2 is 1.84 bits per heavy atom. The molecule has 104 valence electrons. The summed E-state index contributed by atoms with van der Waals surface area (Å²) in [6.45, 7) is -0.410. The molecule has 1 aliphatic carbocycles. The smallest absolute Gasteiger partial charge is 0.385 e. The fraction of sp³-hybridized carbons (Fsp3) is 0.462. The zero-order chi connectivity index (χ0) is 13.9. The summed E-state index contributed by atoms with van der Waals surface area (Å²) in [5, 5.41) is 5.05. The molecule has 2 rings (SSSR count). The normalized spacial score (nSPS) is 15.1. The molecule has 0 atom stereocenters. The topological polar surface area (TPSA) is 41.1 Å². The van der Waals surface area contributed by atoms with Crippen molar-refractivity contribution in [2.75, 3.05) is 18.4 Å². The fourth-order valence-electron chi connectivity index (χ4n) is 1.61. The molecule has 1 aromatic rings. The standard InChI is InChI=1S/C13H15F3N2O/c14-13(15,16)8-18-12(19)10-3-5-11(6-4-10)17-7-9-1-2-9/h3-6,9,17H,1-2,7-8H2,(H,18,19). The van der Waals surface area contributed by atoms with Crippen LogP contribution in [0.2, 0.25) is 0 Å². The molecule has 0 spiro atoms. The monoisotopic (exact) mass is 272 g/mol. The molecule has 2 N–H and O–H groups in total. The zero-order valence-corrected chi connectivity index (χ0v) is 10.3. The highest BCUT2D eigenvalue weighted by molar-refractivity contribution is 5.94. The minimum absolute atomic E-state index is 0.223. The number of amides is 1. The SMILES string of the molecule is O=C(NCC(F)(F)F)c1ccc(NCC2CC2)cc1. The van der Waals surface area contributed by atoms with Crippen LogP contribution in [0.25, 0.3) is 0 Å². The van der Waals surface area contributed by atoms with Crippen molar-refractivity contribution < 1.29 is 18.0 Å². The van der Waals surface area contributed by atoms with Crippen molar-refractivity contribution in [2.45, 2.75) is 19.0 Å². The van der Waals surface area contributed by atoms with Gasteiger partial charge >= 0.3 is 6.18 Å². The third-order valence-corrected chi connectivity index (χ3v) is 2.89. The summed E-state index contributed by atoms with van der Waals surface area (Å²) < 4.78 is 35.9. The highest BCUT2D eigenvalue weighted by atomic mass is 19.4. The average molecular weight is 272 g/mol. The second-order valence-corrected chi connectivity index (χ2v) is 4.70. The van der Waals surface area contributed by atoms with Gasteiger partial charge < -0.3 is 10.6 Å². The average Bonchev–Trinajstić information content (AvgIpc) is 3.17. The lowest BCUT2D eigenvalue weighted by Crippen LogP contribution is -2.33. The van der Waals surface area contributed by atoms with Crippen molar-refractivity contribution in [3.05, 3.63) is 29.8 Å². The maximum atomic E-state index is 12.0. The number of halogens is 3. The lowest BCUT2D eigenvalue weighted by atomic mass is 10.2. The first kappa shape index (κ1) is 13.7. The van der Waals surface area contributed by atoms with Crippen LogP contribution in [0.3, 0.4) is 0 Å². The van der Waals surface area contributed by atoms with Crippen molar-refractivity contribution in [1.29, 1.82) is 0 Å². The molecule has 0 bridgehead atoms. The predicted octanol–water partition coefficient (Wildman–Crippen LogP) is 2.80. The van der Waals surface area contributed by atoms with Crippen LogP contribution in [-0.2, 0) is 0 Å². The van der Waals surface area contributed by atoms with Crippen molar-refractivity contribution in [3.63, 3.8) is 0 Å². The Kier molecular flexibility index (Phi) is 3.97. The first-order valence-corrected chi connectivity index (χ1v) is 6.13. The van der Waals surface area contributed by atoms with Gasteiger partial charge in [0.05, 0.1) is 0 Å². The van der Waals surface area contributed by atoms with E-state index in [9.17, 15) is 18.0 Å². The lowest BCUT2D eigenvalue weighted by molar-refractivity contribution is -0.123. The van der Waals surface area contributed by atoms with E-state index >= 15 is 0 Å². The molecule has 6 heteroatoms. The lowest BCUT2D eigenvalue weighted by Gasteiger charge is -2.09. The van der Waals surface area contributed by atoms with Gasteiger partial charge in [0, 0.05) is 17.8 Å². The van der Waals surface area contributed by atoms with Crippen molar-refractivity contribution >= 4 is 11.6 Å². The van der Waals surface area contributed by atoms with E-state index in [1.807, 2.05) is 5.32 Å². The molecule has 0 radical (unpaired) electrons. The summed E-state index contributed by atoms with van der Waals surface area (Å²) in [7, 11) is 0. The van der Waals surface area contributed by atoms with Crippen LogP contribution in [-0.4, -0.2) is 25.2 Å². The summed E-state index contributed by atoms with van der Waals surface area (Å²) in [5.74, 6) is 0.0147. The van der Waals surface area contributed by atoms with Gasteiger partial charge in [0.2, 0.25) is 0 Å². The second-order valence-electron chi connectivity index (χ2n) is 4.70. The minimum atomic E-state index is -4.39. The Morgan fingerprint density at radius 3 is 2.37 bits per heavy atom. The van der Waals surface area contributed by atoms with E-state index in [0.717, 1.165) is 18.2 Å². The van der Waals surface area contributed by atoms with Crippen LogP contribution in [0.5, 0.6) is 0 Å². The van der Waals surface area contributed by atoms with E-state index in [-0.39, 0.29) is 5.56 Å². The maximum absolute atomic E-state index is 12.0. The summed E-state index contributed by atoms with van der Waals surface area (Å²) in [5.41, 5.74) is 1.10. The largest absolute Gasteiger partial charge is 0.405 e. The number of hydrogen-bond acceptors (Lipinski definition) is 2. The van der Waals surface area contributed by atoms with Gasteiger partial charge in [-0.2, -0.15) is 13.2 Å². The van der Waals surface area contributed by atoms with E-state index < -0.39 is 18.6 Å². The summed E-state index contributed by atoms with van der Waals surface area (Å²) in [6, 6.07) is 6.43. The first-order chi connectivity index (χ1) is 8.94. The van der Waals surface area contributed by atoms with E-state index in [4.69, 9.17) is 0 Å². The van der Waals surface area contributed by atoms with Crippen LogP contribution < -0.4 is 10.6 Å². The molecular formula is C13H15F3N2O. The van der Waals surface area contributed by atoms with Gasteiger partial charge in [0.15, 0.2) is 0 Å². The molecule has 0 heterocycles. The van der Waals surface area contributed by atoms with Crippen molar-refractivity contribution in [1.82, 2.24) is 5.32 Å². The third-order valence-electron chi connectivity index (χ3n) is 2.89. The van der Waals surface area contributed by atoms with Crippen LogP contribution in [0.1, 0.15) is 23.2 Å². The maximum Gasteiger partial charge on any atom is 0.405 e. The van der Waals surface area contributed by atoms with E-state index in [0.29, 0.717) is 0 Å². The molecule has 0 aromatic heterocycles. The Hall–Kier alpha value is -1.72. The summed E-state index contributed by atoms with van der Waals surface area (Å²) in [6.07, 6.45) is -1.91. The highest BCUT2D eigenvalue weighted by Crippen LogP contribution is 2.28. The molecule has 0 saturated heterocycles. The number of carbonyl (C=O) groups is 1. The van der Waals surface area contributed by atoms with Crippen LogP contribution >= 0.6 is 0 Å². The van der Waals surface area contributed by atoms with Gasteiger partial charge in [0.1, 0.15) is 6.54 Å². The fourth-order valence-corrected chi connectivity index (χ4v) is 1.61. The van der Waals surface area contributed by atoms with Gasteiger partial charge in [-0.05, 0) is 43.0 Å². The van der Waals surface area contributed by atoms with Crippen molar-refractivity contribution in [3.8, 4) is 0 Å². The van der Waals surface area contributed by atoms with Crippen LogP contribution in [0, 0.1) is 5.92 Å². The molecule has 3 nitrogen and oxygen atoms in total. The number of alkyl halides is 3. The number of hydrogen-bond donors (Lipinski definition) is 2. The Morgan fingerprint density at radius 1 is 1.21 bits per heavy atom. The van der Waals surface area contributed by atoms with E-state index in [2.05, 4.69) is 5.32 Å². The summed E-state index contributed by atoms with van der Waals surface area (Å²) in [4.78, 5) is 11.4. The molecule has 19 heavy (non-hydrogen) atoms. The number of anilines is 1. The molecule has 1 aromatic carbocycles. The summed E-state index contributed by atoms with van der Waals surface area (Å²) >= 11 is 0. The van der Waals surface area contributed by atoms with Crippen LogP contribution in [0.15, 0.2) is 24.3 Å². The molecule has 1 aliphatic rings. The quantitative estimate of drug-likeness (QED) is 0.865. The van der Waals surface area contributed by atoms with Crippen LogP contribution in [0.4, 0.5) is 18.9 Å². The molecule has 1 saturated carbocycles. The molecule has 0 unspecified atom stereocenters. The number of benzene rings is 1. The Labute approximate surface area is 109 Å². The van der Waals surface area contributed by atoms with Gasteiger partial charge in [-0.15, -0.1) is 0 Å². The predicted molar refractivity (Wildman–Crippen MR) is 66.0 cm³/mol. The molecule has 1 amide bonds. The molecule has 1 fully saturated rings. The molecule has 0 aliphatic heterocycles. The second kappa shape index (κ2) is 5.50.